The number of halogens is 1. The Balaban J connectivity index is 2.33. The smallest absolute Gasteiger partial charge is 0.0639 e. The van der Waals surface area contributed by atoms with Crippen molar-refractivity contribution >= 4 is 17.3 Å². The third kappa shape index (κ3) is 4.54. The van der Waals surface area contributed by atoms with Gasteiger partial charge in [-0.2, -0.15) is 0 Å². The molecule has 15 heavy (non-hydrogen) atoms. The van der Waals surface area contributed by atoms with Crippen molar-refractivity contribution in [1.29, 1.82) is 0 Å². The zero-order valence-electron chi connectivity index (χ0n) is 9.35. The molecule has 0 amide bonds. The van der Waals surface area contributed by atoms with Crippen LogP contribution >= 0.6 is 11.6 Å². The first kappa shape index (κ1) is 12.3. The number of ether oxygens (including phenoxy) is 1. The Morgan fingerprint density at radius 2 is 2.13 bits per heavy atom. The molecule has 0 atom stereocenters. The Morgan fingerprint density at radius 3 is 2.87 bits per heavy atom. The topological polar surface area (TPSA) is 21.3 Å². The number of hydrogen-bond donors (Lipinski definition) is 1. The lowest BCUT2D eigenvalue weighted by Gasteiger charge is -2.09. The molecular weight excluding hydrogens is 210 g/mol. The molecule has 0 aromatic heterocycles. The predicted octanol–water partition coefficient (Wildman–Crippen LogP) is 3.49. The lowest BCUT2D eigenvalue weighted by Crippen LogP contribution is -2.10. The molecule has 0 spiro atoms. The number of anilines is 1. The highest BCUT2D eigenvalue weighted by Gasteiger charge is 1.98. The first-order valence-corrected chi connectivity index (χ1v) is 5.69. The zero-order chi connectivity index (χ0) is 11.1. The lowest BCUT2D eigenvalue weighted by atomic mass is 10.2. The van der Waals surface area contributed by atoms with Crippen molar-refractivity contribution in [3.63, 3.8) is 0 Å². The van der Waals surface area contributed by atoms with Gasteiger partial charge in [-0.25, -0.2) is 0 Å². The molecular formula is C12H18ClNO. The van der Waals surface area contributed by atoms with E-state index in [-0.39, 0.29) is 0 Å². The molecule has 3 heteroatoms. The summed E-state index contributed by atoms with van der Waals surface area (Å²) < 4.78 is 5.37. The second-order valence-corrected chi connectivity index (χ2v) is 3.93. The fourth-order valence-electron chi connectivity index (χ4n) is 1.28. The standard InChI is InChI=1S/C12H18ClNO/c1-3-7-15-8-6-14-12-9-10(2)4-5-11(12)13/h4-5,9,14H,3,6-8H2,1-2H3. The Hall–Kier alpha value is -0.730. The maximum atomic E-state index is 6.03. The molecule has 0 saturated heterocycles. The summed E-state index contributed by atoms with van der Waals surface area (Å²) in [6.07, 6.45) is 1.06. The summed E-state index contributed by atoms with van der Waals surface area (Å²) in [4.78, 5) is 0. The highest BCUT2D eigenvalue weighted by atomic mass is 35.5. The SMILES string of the molecule is CCCOCCNc1cc(C)ccc1Cl. The van der Waals surface area contributed by atoms with E-state index in [2.05, 4.69) is 19.2 Å². The van der Waals surface area contributed by atoms with E-state index < -0.39 is 0 Å². The zero-order valence-corrected chi connectivity index (χ0v) is 10.1. The van der Waals surface area contributed by atoms with Gasteiger partial charge >= 0.3 is 0 Å². The van der Waals surface area contributed by atoms with E-state index >= 15 is 0 Å². The summed E-state index contributed by atoms with van der Waals surface area (Å²) in [5.74, 6) is 0. The lowest BCUT2D eigenvalue weighted by molar-refractivity contribution is 0.144. The monoisotopic (exact) mass is 227 g/mol. The molecule has 0 radical (unpaired) electrons. The van der Waals surface area contributed by atoms with E-state index in [0.717, 1.165) is 36.9 Å². The minimum absolute atomic E-state index is 0.720. The van der Waals surface area contributed by atoms with E-state index in [1.807, 2.05) is 18.2 Å². The van der Waals surface area contributed by atoms with Crippen molar-refractivity contribution in [1.82, 2.24) is 0 Å². The number of nitrogens with one attached hydrogen (secondary N) is 1. The summed E-state index contributed by atoms with van der Waals surface area (Å²) >= 11 is 6.03. The summed E-state index contributed by atoms with van der Waals surface area (Å²) in [6.45, 7) is 6.49. The largest absolute Gasteiger partial charge is 0.382 e. The van der Waals surface area contributed by atoms with E-state index in [1.165, 1.54) is 5.56 Å². The number of hydrogen-bond acceptors (Lipinski definition) is 2. The Labute approximate surface area is 96.6 Å². The van der Waals surface area contributed by atoms with E-state index in [1.54, 1.807) is 0 Å². The molecule has 1 rings (SSSR count). The van der Waals surface area contributed by atoms with Gasteiger partial charge in [-0.15, -0.1) is 0 Å². The average Bonchev–Trinajstić information content (AvgIpc) is 2.23. The summed E-state index contributed by atoms with van der Waals surface area (Å²) in [6, 6.07) is 5.95. The van der Waals surface area contributed by atoms with Gasteiger partial charge in [0.05, 0.1) is 17.3 Å². The molecule has 1 aromatic carbocycles. The quantitative estimate of drug-likeness (QED) is 0.752. The highest BCUT2D eigenvalue weighted by molar-refractivity contribution is 6.33. The third-order valence-electron chi connectivity index (χ3n) is 2.03. The molecule has 0 aliphatic rings. The van der Waals surface area contributed by atoms with Crippen LogP contribution < -0.4 is 5.32 Å². The Kier molecular flexibility index (Phi) is 5.51. The van der Waals surface area contributed by atoms with Gasteiger partial charge in [0.2, 0.25) is 0 Å². The molecule has 0 heterocycles. The molecule has 2 nitrogen and oxygen atoms in total. The van der Waals surface area contributed by atoms with E-state index in [4.69, 9.17) is 16.3 Å². The van der Waals surface area contributed by atoms with Gasteiger partial charge in [0.25, 0.3) is 0 Å². The maximum absolute atomic E-state index is 6.03. The summed E-state index contributed by atoms with van der Waals surface area (Å²) in [5, 5.41) is 4.02. The predicted molar refractivity (Wildman–Crippen MR) is 65.8 cm³/mol. The van der Waals surface area contributed by atoms with Crippen LogP contribution in [0.5, 0.6) is 0 Å². The van der Waals surface area contributed by atoms with Crippen LogP contribution in [0.2, 0.25) is 5.02 Å². The van der Waals surface area contributed by atoms with Crippen molar-refractivity contribution in [2.75, 3.05) is 25.1 Å². The summed E-state index contributed by atoms with van der Waals surface area (Å²) in [7, 11) is 0. The van der Waals surface area contributed by atoms with Crippen molar-refractivity contribution in [3.8, 4) is 0 Å². The molecule has 0 fully saturated rings. The second kappa shape index (κ2) is 6.70. The molecule has 84 valence electrons. The van der Waals surface area contributed by atoms with Crippen LogP contribution in [0.1, 0.15) is 18.9 Å². The van der Waals surface area contributed by atoms with Gasteiger partial charge in [-0.3, -0.25) is 0 Å². The Bertz CT molecular complexity index is 302. The van der Waals surface area contributed by atoms with Crippen molar-refractivity contribution < 1.29 is 4.74 Å². The van der Waals surface area contributed by atoms with Crippen molar-refractivity contribution in [2.24, 2.45) is 0 Å². The second-order valence-electron chi connectivity index (χ2n) is 3.52. The van der Waals surface area contributed by atoms with Gasteiger partial charge in [-0.1, -0.05) is 24.6 Å². The molecule has 0 aliphatic heterocycles. The van der Waals surface area contributed by atoms with Gasteiger partial charge in [0.15, 0.2) is 0 Å². The fraction of sp³-hybridized carbons (Fsp3) is 0.500. The van der Waals surface area contributed by atoms with Crippen LogP contribution in [-0.2, 0) is 4.74 Å². The van der Waals surface area contributed by atoms with Crippen LogP contribution in [0.4, 0.5) is 5.69 Å². The first-order chi connectivity index (χ1) is 7.24. The normalized spacial score (nSPS) is 10.3. The minimum Gasteiger partial charge on any atom is -0.382 e. The molecule has 1 N–H and O–H groups in total. The fourth-order valence-corrected chi connectivity index (χ4v) is 1.46. The Morgan fingerprint density at radius 1 is 1.33 bits per heavy atom. The number of aryl methyl sites for hydroxylation is 1. The van der Waals surface area contributed by atoms with Crippen LogP contribution in [-0.4, -0.2) is 19.8 Å². The highest BCUT2D eigenvalue weighted by Crippen LogP contribution is 2.22. The molecule has 0 bridgehead atoms. The van der Waals surface area contributed by atoms with Crippen molar-refractivity contribution in [2.45, 2.75) is 20.3 Å². The average molecular weight is 228 g/mol. The molecule has 1 aromatic rings. The van der Waals surface area contributed by atoms with Crippen LogP contribution in [0.3, 0.4) is 0 Å². The van der Waals surface area contributed by atoms with Gasteiger partial charge in [-0.05, 0) is 31.0 Å². The van der Waals surface area contributed by atoms with E-state index in [9.17, 15) is 0 Å². The van der Waals surface area contributed by atoms with Gasteiger partial charge in [0, 0.05) is 13.2 Å². The molecule has 0 unspecified atom stereocenters. The third-order valence-corrected chi connectivity index (χ3v) is 2.36. The summed E-state index contributed by atoms with van der Waals surface area (Å²) in [5.41, 5.74) is 2.19. The number of rotatable bonds is 6. The van der Waals surface area contributed by atoms with E-state index in [0.29, 0.717) is 0 Å². The minimum atomic E-state index is 0.720. The number of benzene rings is 1. The van der Waals surface area contributed by atoms with Crippen LogP contribution in [0.25, 0.3) is 0 Å². The molecule has 0 aliphatic carbocycles. The van der Waals surface area contributed by atoms with Crippen molar-refractivity contribution in [3.05, 3.63) is 28.8 Å². The van der Waals surface area contributed by atoms with Crippen LogP contribution in [0.15, 0.2) is 18.2 Å². The van der Waals surface area contributed by atoms with Gasteiger partial charge < -0.3 is 10.1 Å². The van der Waals surface area contributed by atoms with Crippen LogP contribution in [0, 0.1) is 6.92 Å². The maximum Gasteiger partial charge on any atom is 0.0639 e. The molecule has 0 saturated carbocycles. The first-order valence-electron chi connectivity index (χ1n) is 5.32. The van der Waals surface area contributed by atoms with Gasteiger partial charge in [0.1, 0.15) is 0 Å².